The zero-order chi connectivity index (χ0) is 23.1. The molecule has 1 aromatic carbocycles. The summed E-state index contributed by atoms with van der Waals surface area (Å²) in [5.41, 5.74) is 1.83. The van der Waals surface area contributed by atoms with Crippen LogP contribution in [0.3, 0.4) is 0 Å². The first-order valence-corrected chi connectivity index (χ1v) is 10.3. The van der Waals surface area contributed by atoms with E-state index in [-0.39, 0.29) is 30.2 Å². The van der Waals surface area contributed by atoms with Crippen molar-refractivity contribution in [3.63, 3.8) is 0 Å². The summed E-state index contributed by atoms with van der Waals surface area (Å²) in [5, 5.41) is 0. The number of pyridine rings is 1. The fourth-order valence-corrected chi connectivity index (χ4v) is 3.94. The molecule has 0 spiro atoms. The van der Waals surface area contributed by atoms with Gasteiger partial charge in [-0.25, -0.2) is 14.8 Å². The zero-order valence-electron chi connectivity index (χ0n) is 18.1. The maximum atomic E-state index is 13.5. The van der Waals surface area contributed by atoms with E-state index in [4.69, 9.17) is 0 Å². The summed E-state index contributed by atoms with van der Waals surface area (Å²) in [6, 6.07) is 15.0. The molecular formula is C23H21N7O3. The van der Waals surface area contributed by atoms with Crippen LogP contribution in [-0.2, 0) is 32.0 Å². The minimum atomic E-state index is -0.494. The van der Waals surface area contributed by atoms with Gasteiger partial charge in [0.05, 0.1) is 24.8 Å². The third kappa shape index (κ3) is 3.41. The minimum Gasteiger partial charge on any atom is -0.315 e. The monoisotopic (exact) mass is 443 g/mol. The van der Waals surface area contributed by atoms with Gasteiger partial charge in [0.15, 0.2) is 11.2 Å². The molecule has 0 unspecified atom stereocenters. The average molecular weight is 443 g/mol. The summed E-state index contributed by atoms with van der Waals surface area (Å²) >= 11 is 0. The lowest BCUT2D eigenvalue weighted by Gasteiger charge is -2.23. The van der Waals surface area contributed by atoms with E-state index in [1.165, 1.54) is 22.5 Å². The Kier molecular flexibility index (Phi) is 4.89. The molecule has 0 aliphatic heterocycles. The van der Waals surface area contributed by atoms with Crippen LogP contribution in [-0.4, -0.2) is 34.0 Å². The Labute approximate surface area is 187 Å². The molecule has 0 bridgehead atoms. The molecule has 33 heavy (non-hydrogen) atoms. The lowest BCUT2D eigenvalue weighted by Crippen LogP contribution is -2.38. The molecule has 10 nitrogen and oxygen atoms in total. The first kappa shape index (κ1) is 20.4. The summed E-state index contributed by atoms with van der Waals surface area (Å²) in [4.78, 5) is 48.8. The number of anilines is 1. The second-order valence-corrected chi connectivity index (χ2v) is 7.74. The van der Waals surface area contributed by atoms with Crippen LogP contribution in [0.2, 0.25) is 0 Å². The number of amides is 1. The van der Waals surface area contributed by atoms with Crippen molar-refractivity contribution in [1.82, 2.24) is 28.1 Å². The van der Waals surface area contributed by atoms with Gasteiger partial charge in [-0.1, -0.05) is 24.3 Å². The fraction of sp³-hybridized carbons (Fsp3) is 0.174. The lowest BCUT2D eigenvalue weighted by atomic mass is 10.2. The number of aromatic nitrogens is 6. The van der Waals surface area contributed by atoms with Crippen molar-refractivity contribution in [2.24, 2.45) is 14.1 Å². The van der Waals surface area contributed by atoms with Gasteiger partial charge in [-0.15, -0.1) is 0 Å². The molecule has 0 saturated heterocycles. The summed E-state index contributed by atoms with van der Waals surface area (Å²) in [6.07, 6.45) is 5.07. The maximum Gasteiger partial charge on any atom is 0.332 e. The van der Waals surface area contributed by atoms with E-state index in [1.54, 1.807) is 18.1 Å². The van der Waals surface area contributed by atoms with E-state index < -0.39 is 11.2 Å². The molecule has 0 aliphatic rings. The van der Waals surface area contributed by atoms with Crippen molar-refractivity contribution in [3.05, 3.63) is 93.8 Å². The molecule has 10 heteroatoms. The third-order valence-corrected chi connectivity index (χ3v) is 5.71. The maximum absolute atomic E-state index is 13.5. The Morgan fingerprint density at radius 2 is 1.73 bits per heavy atom. The average Bonchev–Trinajstić information content (AvgIpc) is 3.44. The van der Waals surface area contributed by atoms with Gasteiger partial charge in [-0.05, 0) is 24.3 Å². The number of aryl methyl sites for hydroxylation is 1. The zero-order valence-corrected chi connectivity index (χ0v) is 18.1. The third-order valence-electron chi connectivity index (χ3n) is 5.71. The van der Waals surface area contributed by atoms with E-state index >= 15 is 0 Å². The van der Waals surface area contributed by atoms with Gasteiger partial charge in [-0.3, -0.25) is 18.7 Å². The van der Waals surface area contributed by atoms with Gasteiger partial charge >= 0.3 is 5.69 Å². The van der Waals surface area contributed by atoms with Gasteiger partial charge < -0.3 is 13.9 Å². The molecule has 0 saturated carbocycles. The Morgan fingerprint density at radius 3 is 2.52 bits per heavy atom. The Hall–Kier alpha value is -4.47. The molecule has 4 aromatic heterocycles. The van der Waals surface area contributed by atoms with E-state index in [9.17, 15) is 14.4 Å². The molecule has 5 rings (SSSR count). The Bertz CT molecular complexity index is 1610. The van der Waals surface area contributed by atoms with E-state index in [1.807, 2.05) is 59.1 Å². The van der Waals surface area contributed by atoms with Crippen LogP contribution >= 0.6 is 0 Å². The fourth-order valence-electron chi connectivity index (χ4n) is 3.94. The van der Waals surface area contributed by atoms with Gasteiger partial charge in [0.1, 0.15) is 12.2 Å². The number of rotatable bonds is 5. The number of benzene rings is 1. The van der Waals surface area contributed by atoms with Crippen LogP contribution in [0, 0.1) is 0 Å². The van der Waals surface area contributed by atoms with Crippen LogP contribution in [0.1, 0.15) is 5.69 Å². The highest BCUT2D eigenvalue weighted by molar-refractivity contribution is 5.93. The van der Waals surface area contributed by atoms with E-state index in [0.717, 1.165) is 21.6 Å². The number of para-hydroxylation sites is 1. The molecule has 0 N–H and O–H groups in total. The standard InChI is InChI=1S/C23H21N7O3/c1-26-21-20(22(32)27(2)23(26)33)28(15-25-21)14-19(31)30(16-8-4-3-5-9-16)13-17-12-24-18-10-6-7-11-29(17)18/h3-12,15H,13-14H2,1-2H3. The van der Waals surface area contributed by atoms with Crippen molar-refractivity contribution >= 4 is 28.4 Å². The second kappa shape index (κ2) is 7.90. The SMILES string of the molecule is Cn1c(=O)c2c(ncn2CC(=O)N(Cc2cnc3ccccn23)c2ccccc2)n(C)c1=O. The van der Waals surface area contributed by atoms with Crippen molar-refractivity contribution in [1.29, 1.82) is 0 Å². The molecule has 5 aromatic rings. The molecule has 0 fully saturated rings. The largest absolute Gasteiger partial charge is 0.332 e. The smallest absolute Gasteiger partial charge is 0.315 e. The number of fused-ring (bicyclic) bond motifs is 2. The minimum absolute atomic E-state index is 0.116. The van der Waals surface area contributed by atoms with Crippen LogP contribution in [0.25, 0.3) is 16.8 Å². The van der Waals surface area contributed by atoms with Gasteiger partial charge in [-0.2, -0.15) is 0 Å². The summed E-state index contributed by atoms with van der Waals surface area (Å²) in [7, 11) is 2.95. The van der Waals surface area contributed by atoms with Gasteiger partial charge in [0, 0.05) is 26.0 Å². The number of imidazole rings is 2. The van der Waals surface area contributed by atoms with Crippen LogP contribution in [0.5, 0.6) is 0 Å². The summed E-state index contributed by atoms with van der Waals surface area (Å²) in [5.74, 6) is -0.234. The molecule has 4 heterocycles. The Balaban J connectivity index is 1.55. The van der Waals surface area contributed by atoms with Crippen molar-refractivity contribution in [3.8, 4) is 0 Å². The molecule has 0 radical (unpaired) electrons. The number of carbonyl (C=O) groups excluding carboxylic acids is 1. The highest BCUT2D eigenvalue weighted by Gasteiger charge is 2.21. The number of hydrogen-bond donors (Lipinski definition) is 0. The highest BCUT2D eigenvalue weighted by Crippen LogP contribution is 2.19. The number of nitrogens with zero attached hydrogens (tertiary/aromatic N) is 7. The second-order valence-electron chi connectivity index (χ2n) is 7.74. The molecular weight excluding hydrogens is 422 g/mol. The van der Waals surface area contributed by atoms with E-state index in [2.05, 4.69) is 9.97 Å². The number of hydrogen-bond acceptors (Lipinski definition) is 5. The topological polar surface area (TPSA) is 99.4 Å². The van der Waals surface area contributed by atoms with Crippen LogP contribution < -0.4 is 16.1 Å². The summed E-state index contributed by atoms with van der Waals surface area (Å²) in [6.45, 7) is 0.173. The normalized spacial score (nSPS) is 11.3. The van der Waals surface area contributed by atoms with Gasteiger partial charge in [0.2, 0.25) is 5.91 Å². The molecule has 0 atom stereocenters. The lowest BCUT2D eigenvalue weighted by molar-refractivity contribution is -0.119. The first-order chi connectivity index (χ1) is 16.0. The molecule has 1 amide bonds. The van der Waals surface area contributed by atoms with Crippen molar-refractivity contribution in [2.75, 3.05) is 4.90 Å². The Morgan fingerprint density at radius 1 is 0.970 bits per heavy atom. The van der Waals surface area contributed by atoms with Crippen molar-refractivity contribution < 1.29 is 4.79 Å². The number of carbonyl (C=O) groups is 1. The molecule has 166 valence electrons. The first-order valence-electron chi connectivity index (χ1n) is 10.3. The van der Waals surface area contributed by atoms with Crippen LogP contribution in [0.15, 0.2) is 76.8 Å². The van der Waals surface area contributed by atoms with Crippen molar-refractivity contribution in [2.45, 2.75) is 13.1 Å². The predicted octanol–water partition coefficient (Wildman–Crippen LogP) is 1.31. The highest BCUT2D eigenvalue weighted by atomic mass is 16.2. The quantitative estimate of drug-likeness (QED) is 0.408. The van der Waals surface area contributed by atoms with Gasteiger partial charge in [0.25, 0.3) is 5.56 Å². The van der Waals surface area contributed by atoms with Crippen LogP contribution in [0.4, 0.5) is 5.69 Å². The molecule has 0 aliphatic carbocycles. The van der Waals surface area contributed by atoms with E-state index in [0.29, 0.717) is 0 Å². The predicted molar refractivity (Wildman–Crippen MR) is 123 cm³/mol. The summed E-state index contributed by atoms with van der Waals surface area (Å²) < 4.78 is 5.73.